The van der Waals surface area contributed by atoms with Gasteiger partial charge in [0.15, 0.2) is 11.5 Å². The SMILES string of the molecule is OC[C@H]1OC(Oc2cc3c(OC4O[C@H](CO)[C@@H](O)[C@H](O)[C@H]4O)cc(O)cc3[o+]c2-c2ccc(O)c(O)c2)[C@H](O)[C@@H](O)[C@@H]1O. The van der Waals surface area contributed by atoms with Crippen LogP contribution in [0.1, 0.15) is 0 Å². The average molecular weight is 612 g/mol. The quantitative estimate of drug-likeness (QED) is 0.100. The van der Waals surface area contributed by atoms with Gasteiger partial charge in [-0.3, -0.25) is 0 Å². The molecule has 2 unspecified atom stereocenters. The van der Waals surface area contributed by atoms with Gasteiger partial charge in [-0.25, -0.2) is 4.42 Å². The largest absolute Gasteiger partial charge is 0.507 e. The fraction of sp³-hybridized carbons (Fsp3) is 0.444. The fourth-order valence-electron chi connectivity index (χ4n) is 4.80. The van der Waals surface area contributed by atoms with Crippen molar-refractivity contribution in [2.45, 2.75) is 61.4 Å². The van der Waals surface area contributed by atoms with Crippen molar-refractivity contribution < 1.29 is 79.5 Å². The summed E-state index contributed by atoms with van der Waals surface area (Å²) in [4.78, 5) is 0. The lowest BCUT2D eigenvalue weighted by molar-refractivity contribution is -0.277. The summed E-state index contributed by atoms with van der Waals surface area (Å²) in [5.74, 6) is -1.96. The number of benzene rings is 2. The Hall–Kier alpha value is -3.55. The van der Waals surface area contributed by atoms with Crippen LogP contribution >= 0.6 is 0 Å². The van der Waals surface area contributed by atoms with Crippen molar-refractivity contribution in [1.29, 1.82) is 0 Å². The Morgan fingerprint density at radius 1 is 0.628 bits per heavy atom. The first-order valence-corrected chi connectivity index (χ1v) is 13.0. The molecule has 16 nitrogen and oxygen atoms in total. The first-order valence-electron chi connectivity index (χ1n) is 13.0. The third-order valence-electron chi connectivity index (χ3n) is 7.22. The molecule has 1 aromatic heterocycles. The van der Waals surface area contributed by atoms with E-state index in [0.29, 0.717) is 0 Å². The molecular formula is C27H31O16+. The molecular weight excluding hydrogens is 580 g/mol. The van der Waals surface area contributed by atoms with Gasteiger partial charge in [-0.1, -0.05) is 0 Å². The molecule has 0 amide bonds. The van der Waals surface area contributed by atoms with Crippen molar-refractivity contribution in [1.82, 2.24) is 0 Å². The monoisotopic (exact) mass is 611 g/mol. The molecule has 2 saturated heterocycles. The maximum absolute atomic E-state index is 10.6. The molecule has 3 aromatic rings. The summed E-state index contributed by atoms with van der Waals surface area (Å²) in [7, 11) is 0. The first-order chi connectivity index (χ1) is 20.4. The first kappa shape index (κ1) is 30.9. The van der Waals surface area contributed by atoms with Gasteiger partial charge < -0.3 is 75.1 Å². The molecule has 0 spiro atoms. The van der Waals surface area contributed by atoms with E-state index in [1.807, 2.05) is 0 Å². The van der Waals surface area contributed by atoms with Crippen molar-refractivity contribution in [3.05, 3.63) is 36.4 Å². The summed E-state index contributed by atoms with van der Waals surface area (Å²) in [6, 6.07) is 7.17. The van der Waals surface area contributed by atoms with E-state index >= 15 is 0 Å². The van der Waals surface area contributed by atoms with Gasteiger partial charge in [0.2, 0.25) is 18.3 Å². The van der Waals surface area contributed by atoms with Crippen LogP contribution < -0.4 is 9.47 Å². The van der Waals surface area contributed by atoms with E-state index in [-0.39, 0.29) is 33.8 Å². The lowest BCUT2D eigenvalue weighted by atomic mass is 9.99. The van der Waals surface area contributed by atoms with Crippen molar-refractivity contribution in [3.8, 4) is 40.1 Å². The second-order valence-electron chi connectivity index (χ2n) is 10.1. The van der Waals surface area contributed by atoms with E-state index in [1.54, 1.807) is 0 Å². The molecule has 234 valence electrons. The molecule has 5 rings (SSSR count). The van der Waals surface area contributed by atoms with Crippen molar-refractivity contribution in [2.24, 2.45) is 0 Å². The molecule has 0 bridgehead atoms. The minimum Gasteiger partial charge on any atom is -0.507 e. The summed E-state index contributed by atoms with van der Waals surface area (Å²) in [6.45, 7) is -1.46. The summed E-state index contributed by atoms with van der Waals surface area (Å²) in [5.41, 5.74) is 0.0554. The van der Waals surface area contributed by atoms with Crippen molar-refractivity contribution in [3.63, 3.8) is 0 Å². The summed E-state index contributed by atoms with van der Waals surface area (Å²) >= 11 is 0. The smallest absolute Gasteiger partial charge is 0.402 e. The number of ether oxygens (including phenoxy) is 4. The standard InChI is InChI=1S/C27H30O16/c28-7-17-19(33)21(35)23(37)26(42-17)40-15-5-10(30)4-14-11(15)6-16(25(39-14)9-1-2-12(31)13(32)3-9)41-27-24(38)22(36)20(34)18(8-29)43-27/h1-6,17-24,26-29,33-38H,7-8H2,(H2-,30,31,32)/p+1/t17-,18-,19-,20-,21+,22+,23-,24-,26?,27?/m1/s1. The Morgan fingerprint density at radius 3 is 1.72 bits per heavy atom. The van der Waals surface area contributed by atoms with Crippen molar-refractivity contribution >= 4 is 11.0 Å². The average Bonchev–Trinajstić information content (AvgIpc) is 2.98. The molecule has 2 fully saturated rings. The molecule has 0 radical (unpaired) electrons. The minimum absolute atomic E-state index is 0.0427. The van der Waals surface area contributed by atoms with Gasteiger partial charge >= 0.3 is 11.3 Å². The molecule has 10 atom stereocenters. The van der Waals surface area contributed by atoms with Crippen molar-refractivity contribution in [2.75, 3.05) is 13.2 Å². The number of phenolic OH excluding ortho intramolecular Hbond substituents is 3. The molecule has 43 heavy (non-hydrogen) atoms. The molecule has 3 heterocycles. The zero-order chi connectivity index (χ0) is 31.2. The number of fused-ring (bicyclic) bond motifs is 1. The van der Waals surface area contributed by atoms with Gasteiger partial charge in [0.1, 0.15) is 65.7 Å². The van der Waals surface area contributed by atoms with Crippen LogP contribution in [0.5, 0.6) is 28.7 Å². The highest BCUT2D eigenvalue weighted by Crippen LogP contribution is 2.43. The predicted molar refractivity (Wildman–Crippen MR) is 140 cm³/mol. The molecule has 0 aliphatic carbocycles. The van der Waals surface area contributed by atoms with Gasteiger partial charge in [0.05, 0.1) is 24.8 Å². The van der Waals surface area contributed by atoms with Crippen LogP contribution in [-0.2, 0) is 9.47 Å². The predicted octanol–water partition coefficient (Wildman–Crippen LogP) is -2.14. The number of aliphatic hydroxyl groups excluding tert-OH is 8. The summed E-state index contributed by atoms with van der Waals surface area (Å²) in [6.07, 6.45) is -16.4. The minimum atomic E-state index is -1.82. The third kappa shape index (κ3) is 5.85. The summed E-state index contributed by atoms with van der Waals surface area (Å²) < 4.78 is 28.4. The highest BCUT2D eigenvalue weighted by atomic mass is 16.7. The molecule has 11 N–H and O–H groups in total. The van der Waals surface area contributed by atoms with Crippen LogP contribution in [0.3, 0.4) is 0 Å². The van der Waals surface area contributed by atoms with E-state index in [4.69, 9.17) is 23.4 Å². The zero-order valence-corrected chi connectivity index (χ0v) is 22.1. The maximum atomic E-state index is 10.6. The van der Waals surface area contributed by atoms with E-state index in [1.165, 1.54) is 18.2 Å². The zero-order valence-electron chi connectivity index (χ0n) is 22.1. The van der Waals surface area contributed by atoms with Gasteiger partial charge in [-0.05, 0) is 12.1 Å². The Balaban J connectivity index is 1.61. The number of rotatable bonds is 7. The Kier molecular flexibility index (Phi) is 8.77. The topological polar surface area (TPSA) is 271 Å². The number of hydrogen-bond donors (Lipinski definition) is 11. The van der Waals surface area contributed by atoms with E-state index in [0.717, 1.165) is 18.2 Å². The van der Waals surface area contributed by atoms with E-state index in [9.17, 15) is 56.2 Å². The third-order valence-corrected chi connectivity index (χ3v) is 7.22. The van der Waals surface area contributed by atoms with Crippen LogP contribution in [0.4, 0.5) is 0 Å². The van der Waals surface area contributed by atoms with Gasteiger partial charge in [-0.15, -0.1) is 0 Å². The van der Waals surface area contributed by atoms with E-state index in [2.05, 4.69) is 0 Å². The second kappa shape index (κ2) is 12.2. The van der Waals surface area contributed by atoms with Gasteiger partial charge in [-0.2, -0.15) is 0 Å². The molecule has 2 aliphatic rings. The Labute approximate surface area is 242 Å². The lowest BCUT2D eigenvalue weighted by Gasteiger charge is -2.39. The Morgan fingerprint density at radius 2 is 1.19 bits per heavy atom. The van der Waals surface area contributed by atoms with Crippen LogP contribution in [-0.4, -0.2) is 131 Å². The summed E-state index contributed by atoms with van der Waals surface area (Å²) in [5, 5.41) is 111. The molecule has 0 saturated carbocycles. The molecule has 2 aromatic carbocycles. The highest BCUT2D eigenvalue weighted by Gasteiger charge is 2.47. The van der Waals surface area contributed by atoms with Gasteiger partial charge in [0, 0.05) is 18.2 Å². The van der Waals surface area contributed by atoms with E-state index < -0.39 is 91.9 Å². The number of aromatic hydroxyl groups is 3. The highest BCUT2D eigenvalue weighted by molar-refractivity contribution is 5.89. The number of hydrogen-bond acceptors (Lipinski definition) is 15. The van der Waals surface area contributed by atoms with Crippen LogP contribution in [0.25, 0.3) is 22.3 Å². The Bertz CT molecular complexity index is 1450. The number of phenols is 3. The lowest BCUT2D eigenvalue weighted by Crippen LogP contribution is -2.60. The second-order valence-corrected chi connectivity index (χ2v) is 10.1. The maximum Gasteiger partial charge on any atom is 0.402 e. The van der Waals surface area contributed by atoms with Gasteiger partial charge in [0.25, 0.3) is 0 Å². The number of aliphatic hydroxyl groups is 8. The normalized spacial score (nSPS) is 32.9. The molecule has 16 heteroatoms. The van der Waals surface area contributed by atoms with Crippen LogP contribution in [0.15, 0.2) is 40.8 Å². The fourth-order valence-corrected chi connectivity index (χ4v) is 4.80. The van der Waals surface area contributed by atoms with Crippen LogP contribution in [0, 0.1) is 0 Å². The molecule has 2 aliphatic heterocycles. The van der Waals surface area contributed by atoms with Crippen LogP contribution in [0.2, 0.25) is 0 Å².